The van der Waals surface area contributed by atoms with E-state index in [1.165, 1.54) is 23.1 Å². The lowest BCUT2D eigenvalue weighted by Crippen LogP contribution is -2.04. The van der Waals surface area contributed by atoms with Gasteiger partial charge in [0.1, 0.15) is 55.4 Å². The summed E-state index contributed by atoms with van der Waals surface area (Å²) in [5.74, 6) is 2.90. The van der Waals surface area contributed by atoms with Gasteiger partial charge < -0.3 is 28.4 Å². The van der Waals surface area contributed by atoms with Crippen molar-refractivity contribution < 1.29 is 28.4 Å². The maximum absolute atomic E-state index is 5.54. The molecule has 3 heterocycles. The Morgan fingerprint density at radius 3 is 0.844 bits per heavy atom. The predicted octanol–water partition coefficient (Wildman–Crippen LogP) is 9.81. The fraction of sp³-hybridized carbons (Fsp3) is 0.538. The predicted molar refractivity (Wildman–Crippen MR) is 189 cm³/mol. The Hall–Kier alpha value is -3.06. The van der Waals surface area contributed by atoms with Crippen LogP contribution >= 0.6 is 0 Å². The van der Waals surface area contributed by atoms with Gasteiger partial charge in [0, 0.05) is 0 Å². The third kappa shape index (κ3) is 21.3. The quantitative estimate of drug-likeness (QED) is 0.220. The van der Waals surface area contributed by atoms with E-state index in [0.29, 0.717) is 38.1 Å². The molecule has 3 aromatic rings. The molecule has 254 valence electrons. The van der Waals surface area contributed by atoms with E-state index in [1.54, 1.807) is 0 Å². The van der Waals surface area contributed by atoms with Crippen molar-refractivity contribution >= 4 is 0 Å². The van der Waals surface area contributed by atoms with Crippen LogP contribution < -0.4 is 14.2 Å². The second-order valence-electron chi connectivity index (χ2n) is 9.80. The van der Waals surface area contributed by atoms with E-state index in [1.807, 2.05) is 135 Å². The van der Waals surface area contributed by atoms with Gasteiger partial charge in [0.2, 0.25) is 0 Å². The summed E-state index contributed by atoms with van der Waals surface area (Å²) in [6.07, 6.45) is 2.26. The number of aryl methyl sites for hydroxylation is 3. The molecule has 0 N–H and O–H groups in total. The van der Waals surface area contributed by atoms with Gasteiger partial charge in [0.25, 0.3) is 0 Å². The molecule has 3 atom stereocenters. The third-order valence-electron chi connectivity index (χ3n) is 5.76. The molecule has 0 saturated carbocycles. The van der Waals surface area contributed by atoms with Crippen LogP contribution in [0.15, 0.2) is 72.8 Å². The van der Waals surface area contributed by atoms with Crippen molar-refractivity contribution in [2.24, 2.45) is 0 Å². The molecule has 0 aliphatic carbocycles. The minimum atomic E-state index is 0.338. The molecule has 3 saturated heterocycles. The van der Waals surface area contributed by atoms with Crippen molar-refractivity contribution in [2.45, 2.75) is 101 Å². The third-order valence-corrected chi connectivity index (χ3v) is 5.76. The van der Waals surface area contributed by atoms with Crippen LogP contribution in [-0.4, -0.2) is 58.0 Å². The Morgan fingerprint density at radius 2 is 0.667 bits per heavy atom. The smallest absolute Gasteiger partial charge is 0.122 e. The first-order valence-electron chi connectivity index (χ1n) is 16.9. The molecule has 0 spiro atoms. The number of rotatable bonds is 9. The highest BCUT2D eigenvalue weighted by Gasteiger charge is 2.24. The first-order valence-corrected chi connectivity index (χ1v) is 16.9. The topological polar surface area (TPSA) is 65.3 Å². The molecule has 3 aliphatic heterocycles. The second kappa shape index (κ2) is 27.3. The van der Waals surface area contributed by atoms with E-state index in [4.69, 9.17) is 28.4 Å². The lowest BCUT2D eigenvalue weighted by atomic mass is 10.2. The summed E-state index contributed by atoms with van der Waals surface area (Å²) < 4.78 is 31.7. The highest BCUT2D eigenvalue weighted by molar-refractivity contribution is 5.33. The van der Waals surface area contributed by atoms with Crippen molar-refractivity contribution in [1.82, 2.24) is 0 Å². The van der Waals surface area contributed by atoms with Crippen LogP contribution in [0.1, 0.15) is 78.5 Å². The lowest BCUT2D eigenvalue weighted by molar-refractivity contribution is 0.262. The molecular weight excluding hydrogens is 564 g/mol. The summed E-state index contributed by atoms with van der Waals surface area (Å²) in [4.78, 5) is 0. The average Bonchev–Trinajstić information content (AvgIpc) is 3.92. The van der Waals surface area contributed by atoms with Gasteiger partial charge in [0.15, 0.2) is 0 Å². The number of ether oxygens (including phenoxy) is 6. The van der Waals surface area contributed by atoms with E-state index in [-0.39, 0.29) is 0 Å². The summed E-state index contributed by atoms with van der Waals surface area (Å²) in [7, 11) is 0. The summed E-state index contributed by atoms with van der Waals surface area (Å²) in [5, 5.41) is 0. The van der Waals surface area contributed by atoms with E-state index < -0.39 is 0 Å². The highest BCUT2D eigenvalue weighted by Crippen LogP contribution is 2.20. The minimum Gasteiger partial charge on any atom is -0.491 e. The first-order chi connectivity index (χ1) is 22.0. The molecule has 6 nitrogen and oxygen atoms in total. The van der Waals surface area contributed by atoms with Crippen molar-refractivity contribution in [3.8, 4) is 17.2 Å². The Kier molecular flexibility index (Phi) is 25.4. The zero-order valence-corrected chi connectivity index (χ0v) is 30.1. The number of hydrogen-bond acceptors (Lipinski definition) is 6. The number of hydrogen-bond donors (Lipinski definition) is 0. The Morgan fingerprint density at radius 1 is 0.467 bits per heavy atom. The van der Waals surface area contributed by atoms with Crippen molar-refractivity contribution in [1.29, 1.82) is 0 Å². The summed E-state index contributed by atoms with van der Waals surface area (Å²) in [5.41, 5.74) is 3.54. The first kappa shape index (κ1) is 41.9. The minimum absolute atomic E-state index is 0.338. The number of epoxide rings is 3. The normalized spacial score (nSPS) is 17.3. The van der Waals surface area contributed by atoms with Gasteiger partial charge in [-0.3, -0.25) is 0 Å². The Bertz CT molecular complexity index is 953. The van der Waals surface area contributed by atoms with Crippen LogP contribution in [0.25, 0.3) is 0 Å². The van der Waals surface area contributed by atoms with Gasteiger partial charge >= 0.3 is 0 Å². The van der Waals surface area contributed by atoms with Crippen LogP contribution in [0, 0.1) is 20.8 Å². The zero-order valence-electron chi connectivity index (χ0n) is 30.1. The molecule has 3 fully saturated rings. The average molecular weight is 627 g/mol. The van der Waals surface area contributed by atoms with Crippen molar-refractivity contribution in [3.05, 3.63) is 89.5 Å². The van der Waals surface area contributed by atoms with Crippen LogP contribution in [-0.2, 0) is 14.2 Å². The van der Waals surface area contributed by atoms with Crippen LogP contribution in [0.5, 0.6) is 17.2 Å². The summed E-state index contributed by atoms with van der Waals surface area (Å²) in [6.45, 7) is 27.0. The zero-order chi connectivity index (χ0) is 33.9. The Labute approximate surface area is 275 Å². The van der Waals surface area contributed by atoms with Gasteiger partial charge in [-0.15, -0.1) is 0 Å². The summed E-state index contributed by atoms with van der Waals surface area (Å²) in [6, 6.07) is 24.1. The monoisotopic (exact) mass is 626 g/mol. The van der Waals surface area contributed by atoms with Gasteiger partial charge in [-0.2, -0.15) is 0 Å². The molecule has 3 aromatic carbocycles. The lowest BCUT2D eigenvalue weighted by Gasteiger charge is -2.06. The maximum atomic E-state index is 5.54. The molecular formula is C39H62O6. The van der Waals surface area contributed by atoms with E-state index in [2.05, 4.69) is 13.8 Å². The van der Waals surface area contributed by atoms with Crippen LogP contribution in [0.2, 0.25) is 0 Å². The molecule has 0 amide bonds. The van der Waals surface area contributed by atoms with E-state index >= 15 is 0 Å². The van der Waals surface area contributed by atoms with Gasteiger partial charge in [-0.1, -0.05) is 116 Å². The fourth-order valence-electron chi connectivity index (χ4n) is 3.20. The SMILES string of the molecule is CC.CC.CC.CCC.Cc1ccccc1OCC1CO1.Cc1ccccc1OCC1CO1.Cc1ccccc1OCC1CO1. The number of benzene rings is 3. The summed E-state index contributed by atoms with van der Waals surface area (Å²) >= 11 is 0. The molecule has 0 bridgehead atoms. The second-order valence-corrected chi connectivity index (χ2v) is 9.80. The highest BCUT2D eigenvalue weighted by atomic mass is 16.6. The molecule has 0 aromatic heterocycles. The fourth-order valence-corrected chi connectivity index (χ4v) is 3.20. The molecule has 3 unspecified atom stereocenters. The van der Waals surface area contributed by atoms with Gasteiger partial charge in [-0.05, 0) is 55.7 Å². The van der Waals surface area contributed by atoms with Crippen molar-refractivity contribution in [3.63, 3.8) is 0 Å². The number of para-hydroxylation sites is 3. The molecule has 45 heavy (non-hydrogen) atoms. The van der Waals surface area contributed by atoms with Gasteiger partial charge in [0.05, 0.1) is 19.8 Å². The standard InChI is InChI=1S/3C10H12O2.C3H8.3C2H6/c3*1-8-4-2-3-5-10(8)12-7-9-6-11-9;1-3-2;3*1-2/h3*2-5,9H,6-7H2,1H3;3H2,1-2H3;3*1-2H3. The molecule has 0 radical (unpaired) electrons. The Balaban J connectivity index is 0.000000572. The largest absolute Gasteiger partial charge is 0.491 e. The van der Waals surface area contributed by atoms with Crippen molar-refractivity contribution in [2.75, 3.05) is 39.6 Å². The van der Waals surface area contributed by atoms with Gasteiger partial charge in [-0.25, -0.2) is 0 Å². The van der Waals surface area contributed by atoms with E-state index in [9.17, 15) is 0 Å². The molecule has 6 rings (SSSR count). The van der Waals surface area contributed by atoms with Crippen LogP contribution in [0.4, 0.5) is 0 Å². The molecule has 6 heteroatoms. The maximum Gasteiger partial charge on any atom is 0.122 e. The molecule has 3 aliphatic rings. The van der Waals surface area contributed by atoms with E-state index in [0.717, 1.165) is 37.1 Å². The van der Waals surface area contributed by atoms with Crippen LogP contribution in [0.3, 0.4) is 0 Å².